The van der Waals surface area contributed by atoms with E-state index in [2.05, 4.69) is 4.74 Å². The second-order valence-electron chi connectivity index (χ2n) is 3.29. The predicted molar refractivity (Wildman–Crippen MR) is 52.8 cm³/mol. The number of ether oxygens (including phenoxy) is 1. The molecule has 1 aromatic rings. The molecular weight excluding hydrogens is 239 g/mol. The molecule has 94 valence electrons. The van der Waals surface area contributed by atoms with E-state index in [1.165, 1.54) is 13.8 Å². The van der Waals surface area contributed by atoms with Crippen LogP contribution in [0.5, 0.6) is 0 Å². The zero-order valence-corrected chi connectivity index (χ0v) is 9.14. The van der Waals surface area contributed by atoms with Crippen molar-refractivity contribution in [3.05, 3.63) is 33.2 Å². The summed E-state index contributed by atoms with van der Waals surface area (Å²) in [7, 11) is 0. The summed E-state index contributed by atoms with van der Waals surface area (Å²) in [6.07, 6.45) is -4.90. The van der Waals surface area contributed by atoms with Crippen LogP contribution in [-0.4, -0.2) is 17.6 Å². The van der Waals surface area contributed by atoms with Crippen LogP contribution in [-0.2, 0) is 10.9 Å². The average molecular weight is 249 g/mol. The Hall–Kier alpha value is -1.79. The molecule has 0 aliphatic heterocycles. The molecule has 17 heavy (non-hydrogen) atoms. The van der Waals surface area contributed by atoms with Gasteiger partial charge in [-0.2, -0.15) is 13.2 Å². The van der Waals surface area contributed by atoms with E-state index in [1.807, 2.05) is 4.98 Å². The summed E-state index contributed by atoms with van der Waals surface area (Å²) in [4.78, 5) is 24.6. The highest BCUT2D eigenvalue weighted by atomic mass is 19.4. The second-order valence-corrected chi connectivity index (χ2v) is 3.29. The van der Waals surface area contributed by atoms with Gasteiger partial charge in [-0.3, -0.25) is 4.79 Å². The smallest absolute Gasteiger partial charge is 0.422 e. The minimum atomic E-state index is -4.90. The van der Waals surface area contributed by atoms with Crippen LogP contribution in [0.15, 0.2) is 10.9 Å². The summed E-state index contributed by atoms with van der Waals surface area (Å²) in [5.74, 6) is -1.16. The van der Waals surface area contributed by atoms with Crippen LogP contribution in [0.3, 0.4) is 0 Å². The number of H-pyrrole nitrogens is 1. The van der Waals surface area contributed by atoms with Crippen LogP contribution in [0, 0.1) is 6.92 Å². The number of carbonyl (C=O) groups is 1. The van der Waals surface area contributed by atoms with Gasteiger partial charge in [0.2, 0.25) is 0 Å². The Labute approximate surface area is 94.4 Å². The first kappa shape index (κ1) is 13.3. The van der Waals surface area contributed by atoms with Gasteiger partial charge in [0.1, 0.15) is 5.56 Å². The van der Waals surface area contributed by atoms with Crippen LogP contribution in [0.4, 0.5) is 13.2 Å². The van der Waals surface area contributed by atoms with Crippen molar-refractivity contribution in [3.8, 4) is 0 Å². The van der Waals surface area contributed by atoms with Gasteiger partial charge in [0.15, 0.2) is 0 Å². The van der Waals surface area contributed by atoms with E-state index >= 15 is 0 Å². The fourth-order valence-electron chi connectivity index (χ4n) is 1.34. The Morgan fingerprint density at radius 1 is 1.47 bits per heavy atom. The molecule has 0 bridgehead atoms. The van der Waals surface area contributed by atoms with Gasteiger partial charge in [-0.05, 0) is 19.9 Å². The summed E-state index contributed by atoms with van der Waals surface area (Å²) in [5.41, 5.74) is -3.48. The van der Waals surface area contributed by atoms with E-state index in [-0.39, 0.29) is 12.3 Å². The molecule has 0 aliphatic rings. The molecule has 1 heterocycles. The number of rotatable bonds is 2. The first-order valence-corrected chi connectivity index (χ1v) is 4.75. The van der Waals surface area contributed by atoms with Crippen LogP contribution in [0.1, 0.15) is 28.5 Å². The third-order valence-corrected chi connectivity index (χ3v) is 1.95. The Balaban J connectivity index is 3.47. The Kier molecular flexibility index (Phi) is 3.59. The molecule has 1 rings (SSSR count). The normalized spacial score (nSPS) is 11.4. The highest BCUT2D eigenvalue weighted by Crippen LogP contribution is 2.29. The van der Waals surface area contributed by atoms with Gasteiger partial charge in [0.25, 0.3) is 5.56 Å². The van der Waals surface area contributed by atoms with Crippen LogP contribution in [0.25, 0.3) is 0 Å². The van der Waals surface area contributed by atoms with E-state index < -0.39 is 28.8 Å². The number of alkyl halides is 3. The van der Waals surface area contributed by atoms with E-state index in [9.17, 15) is 22.8 Å². The third kappa shape index (κ3) is 2.86. The van der Waals surface area contributed by atoms with Crippen molar-refractivity contribution in [2.24, 2.45) is 0 Å². The molecule has 4 nitrogen and oxygen atoms in total. The molecule has 0 saturated carbocycles. The SMILES string of the molecule is CCOC(=O)c1cc(C)[nH]c(=O)c1C(F)(F)F. The first-order valence-electron chi connectivity index (χ1n) is 4.75. The number of carbonyl (C=O) groups excluding carboxylic acids is 1. The minimum Gasteiger partial charge on any atom is -0.462 e. The molecule has 0 fully saturated rings. The van der Waals surface area contributed by atoms with Gasteiger partial charge < -0.3 is 9.72 Å². The average Bonchev–Trinajstić information content (AvgIpc) is 2.14. The fraction of sp³-hybridized carbons (Fsp3) is 0.400. The molecule has 1 aromatic heterocycles. The van der Waals surface area contributed by atoms with Crippen LogP contribution in [0.2, 0.25) is 0 Å². The van der Waals surface area contributed by atoms with Crippen LogP contribution < -0.4 is 5.56 Å². The molecule has 0 atom stereocenters. The summed E-state index contributed by atoms with van der Waals surface area (Å²) < 4.78 is 42.3. The Morgan fingerprint density at radius 3 is 2.53 bits per heavy atom. The molecule has 1 N–H and O–H groups in total. The Morgan fingerprint density at radius 2 is 2.06 bits per heavy atom. The van der Waals surface area contributed by atoms with Gasteiger partial charge >= 0.3 is 12.1 Å². The van der Waals surface area contributed by atoms with Crippen molar-refractivity contribution in [3.63, 3.8) is 0 Å². The number of aromatic nitrogens is 1. The topological polar surface area (TPSA) is 59.2 Å². The lowest BCUT2D eigenvalue weighted by Crippen LogP contribution is -2.27. The molecule has 0 saturated heterocycles. The number of esters is 1. The molecule has 0 spiro atoms. The van der Waals surface area contributed by atoms with Gasteiger partial charge in [0, 0.05) is 5.69 Å². The molecule has 0 radical (unpaired) electrons. The summed E-state index contributed by atoms with van der Waals surface area (Å²) in [6, 6.07) is 0.947. The van der Waals surface area contributed by atoms with Gasteiger partial charge in [0.05, 0.1) is 12.2 Å². The second kappa shape index (κ2) is 4.60. The van der Waals surface area contributed by atoms with E-state index in [0.29, 0.717) is 0 Å². The summed E-state index contributed by atoms with van der Waals surface area (Å²) >= 11 is 0. The van der Waals surface area contributed by atoms with E-state index in [4.69, 9.17) is 0 Å². The lowest BCUT2D eigenvalue weighted by Gasteiger charge is -2.11. The molecule has 0 aromatic carbocycles. The number of pyridine rings is 1. The summed E-state index contributed by atoms with van der Waals surface area (Å²) in [5, 5.41) is 0. The number of nitrogens with one attached hydrogen (secondary N) is 1. The largest absolute Gasteiger partial charge is 0.462 e. The maximum absolute atomic E-state index is 12.6. The summed E-state index contributed by atoms with van der Waals surface area (Å²) in [6.45, 7) is 2.78. The van der Waals surface area contributed by atoms with E-state index in [1.54, 1.807) is 0 Å². The monoisotopic (exact) mass is 249 g/mol. The first-order chi connectivity index (χ1) is 7.77. The van der Waals surface area contributed by atoms with Gasteiger partial charge in [-0.25, -0.2) is 4.79 Å². The fourth-order valence-corrected chi connectivity index (χ4v) is 1.34. The maximum Gasteiger partial charge on any atom is 0.422 e. The number of aromatic amines is 1. The molecule has 0 unspecified atom stereocenters. The highest BCUT2D eigenvalue weighted by Gasteiger charge is 2.39. The standard InChI is InChI=1S/C10H10F3NO3/c1-3-17-9(16)6-4-5(2)14-8(15)7(6)10(11,12)13/h4H,3H2,1-2H3,(H,14,15). The van der Waals surface area contributed by atoms with Gasteiger partial charge in [-0.1, -0.05) is 0 Å². The van der Waals surface area contributed by atoms with Crippen LogP contribution >= 0.6 is 0 Å². The molecule has 0 amide bonds. The van der Waals surface area contributed by atoms with Crippen molar-refractivity contribution in [1.29, 1.82) is 0 Å². The maximum atomic E-state index is 12.6. The Bertz CT molecular complexity index is 491. The van der Waals surface area contributed by atoms with Gasteiger partial charge in [-0.15, -0.1) is 0 Å². The van der Waals surface area contributed by atoms with Crippen molar-refractivity contribution >= 4 is 5.97 Å². The molecular formula is C10H10F3NO3. The predicted octanol–water partition coefficient (Wildman–Crippen LogP) is 1.88. The number of hydrogen-bond donors (Lipinski definition) is 1. The minimum absolute atomic E-state index is 0.0675. The molecule has 0 aliphatic carbocycles. The zero-order valence-electron chi connectivity index (χ0n) is 9.14. The quantitative estimate of drug-likeness (QED) is 0.814. The number of aryl methyl sites for hydroxylation is 1. The third-order valence-electron chi connectivity index (χ3n) is 1.95. The zero-order chi connectivity index (χ0) is 13.2. The van der Waals surface area contributed by atoms with Crippen molar-refractivity contribution in [2.45, 2.75) is 20.0 Å². The lowest BCUT2D eigenvalue weighted by molar-refractivity contribution is -0.139. The lowest BCUT2D eigenvalue weighted by atomic mass is 10.1. The highest BCUT2D eigenvalue weighted by molar-refractivity contribution is 5.91. The number of halogens is 3. The van der Waals surface area contributed by atoms with Crippen molar-refractivity contribution < 1.29 is 22.7 Å². The van der Waals surface area contributed by atoms with Crippen molar-refractivity contribution in [1.82, 2.24) is 4.98 Å². The number of hydrogen-bond acceptors (Lipinski definition) is 3. The van der Waals surface area contributed by atoms with E-state index in [0.717, 1.165) is 6.07 Å². The molecule has 7 heteroatoms. The van der Waals surface area contributed by atoms with Crippen molar-refractivity contribution in [2.75, 3.05) is 6.61 Å².